The van der Waals surface area contributed by atoms with Crippen molar-refractivity contribution in [3.8, 4) is 0 Å². The van der Waals surface area contributed by atoms with Gasteiger partial charge in [-0.05, 0) is 25.7 Å². The van der Waals surface area contributed by atoms with Gasteiger partial charge < -0.3 is 10.1 Å². The van der Waals surface area contributed by atoms with Crippen molar-refractivity contribution in [3.05, 3.63) is 0 Å². The quantitative estimate of drug-likeness (QED) is 0.791. The second-order valence-electron chi connectivity index (χ2n) is 6.00. The third kappa shape index (κ3) is 6.76. The zero-order valence-corrected chi connectivity index (χ0v) is 12.9. The molecule has 0 atom stereocenters. The van der Waals surface area contributed by atoms with Crippen LogP contribution in [0.25, 0.3) is 0 Å². The SMILES string of the molecule is C(=NC1CCCCC1)=NC1CCCCC1.O=C1NCCO1. The second kappa shape index (κ2) is 9.56. The Bertz CT molecular complexity index is 336. The van der Waals surface area contributed by atoms with Gasteiger partial charge in [0.2, 0.25) is 0 Å². The Morgan fingerprint density at radius 2 is 1.43 bits per heavy atom. The summed E-state index contributed by atoms with van der Waals surface area (Å²) in [6, 6.07) is 4.04. The van der Waals surface area contributed by atoms with Gasteiger partial charge in [0, 0.05) is 0 Å². The molecule has 0 radical (unpaired) electrons. The zero-order valence-electron chi connectivity index (χ0n) is 12.9. The predicted molar refractivity (Wildman–Crippen MR) is 83.0 cm³/mol. The maximum Gasteiger partial charge on any atom is 0.407 e. The van der Waals surface area contributed by atoms with Gasteiger partial charge in [-0.15, -0.1) is 0 Å². The highest BCUT2D eigenvalue weighted by atomic mass is 16.6. The largest absolute Gasteiger partial charge is 0.448 e. The minimum atomic E-state index is -0.296. The lowest BCUT2D eigenvalue weighted by molar-refractivity contribution is 0.178. The summed E-state index contributed by atoms with van der Waals surface area (Å²) < 4.78 is 4.40. The van der Waals surface area contributed by atoms with Crippen LogP contribution >= 0.6 is 0 Å². The van der Waals surface area contributed by atoms with E-state index in [0.29, 0.717) is 25.2 Å². The highest BCUT2D eigenvalue weighted by Crippen LogP contribution is 2.21. The lowest BCUT2D eigenvalue weighted by Gasteiger charge is -2.17. The summed E-state index contributed by atoms with van der Waals surface area (Å²) in [6.45, 7) is 1.19. The Balaban J connectivity index is 0.000000225. The van der Waals surface area contributed by atoms with Crippen LogP contribution in [0.4, 0.5) is 4.79 Å². The Kier molecular flexibility index (Phi) is 7.30. The zero-order chi connectivity index (χ0) is 14.8. The van der Waals surface area contributed by atoms with Gasteiger partial charge in [-0.3, -0.25) is 0 Å². The van der Waals surface area contributed by atoms with Crippen molar-refractivity contribution in [2.75, 3.05) is 13.2 Å². The van der Waals surface area contributed by atoms with Crippen LogP contribution in [0.15, 0.2) is 9.98 Å². The monoisotopic (exact) mass is 293 g/mol. The molecule has 0 spiro atoms. The number of cyclic esters (lactones) is 1. The van der Waals surface area contributed by atoms with E-state index in [1.54, 1.807) is 0 Å². The summed E-state index contributed by atoms with van der Waals surface area (Å²) in [6.07, 6.45) is 12.9. The number of hydrogen-bond acceptors (Lipinski definition) is 4. The molecule has 1 heterocycles. The lowest BCUT2D eigenvalue weighted by Crippen LogP contribution is -2.11. The second-order valence-corrected chi connectivity index (χ2v) is 6.00. The molecule has 5 nitrogen and oxygen atoms in total. The Morgan fingerprint density at radius 3 is 1.76 bits per heavy atom. The highest BCUT2D eigenvalue weighted by molar-refractivity contribution is 5.68. The minimum absolute atomic E-state index is 0.296. The average molecular weight is 293 g/mol. The summed E-state index contributed by atoms with van der Waals surface area (Å²) in [5, 5.41) is 2.46. The predicted octanol–water partition coefficient (Wildman–Crippen LogP) is 3.55. The molecule has 3 aliphatic rings. The van der Waals surface area contributed by atoms with Gasteiger partial charge in [0.15, 0.2) is 0 Å². The number of aliphatic imine (C=N–C) groups is 2. The van der Waals surface area contributed by atoms with Gasteiger partial charge in [-0.1, -0.05) is 38.5 Å². The van der Waals surface area contributed by atoms with Gasteiger partial charge in [-0.25, -0.2) is 14.8 Å². The lowest BCUT2D eigenvalue weighted by atomic mass is 9.96. The molecule has 5 heteroatoms. The molecule has 0 unspecified atom stereocenters. The number of rotatable bonds is 2. The van der Waals surface area contributed by atoms with Gasteiger partial charge in [-0.2, -0.15) is 0 Å². The van der Waals surface area contributed by atoms with E-state index in [0.717, 1.165) is 0 Å². The van der Waals surface area contributed by atoms with Gasteiger partial charge in [0.05, 0.1) is 24.6 Å². The summed E-state index contributed by atoms with van der Waals surface area (Å²) >= 11 is 0. The van der Waals surface area contributed by atoms with Crippen molar-refractivity contribution in [3.63, 3.8) is 0 Å². The van der Waals surface area contributed by atoms with Crippen molar-refractivity contribution in [2.24, 2.45) is 9.98 Å². The molecule has 2 saturated carbocycles. The molecule has 1 aliphatic heterocycles. The van der Waals surface area contributed by atoms with Gasteiger partial charge >= 0.3 is 6.09 Å². The number of alkyl carbamates (subject to hydrolysis) is 1. The number of carbonyl (C=O) groups is 1. The first kappa shape index (κ1) is 16.0. The molecule has 0 aromatic carbocycles. The molecule has 3 fully saturated rings. The molecule has 21 heavy (non-hydrogen) atoms. The van der Waals surface area contributed by atoms with Crippen molar-refractivity contribution in [2.45, 2.75) is 76.3 Å². The first-order valence-corrected chi connectivity index (χ1v) is 8.40. The van der Waals surface area contributed by atoms with Crippen LogP contribution in [0.1, 0.15) is 64.2 Å². The molecular weight excluding hydrogens is 266 g/mol. The maximum absolute atomic E-state index is 9.91. The third-order valence-corrected chi connectivity index (χ3v) is 4.23. The molecule has 1 amide bonds. The average Bonchev–Trinajstić information content (AvgIpc) is 3.01. The highest BCUT2D eigenvalue weighted by Gasteiger charge is 2.12. The molecule has 1 N–H and O–H groups in total. The first-order valence-electron chi connectivity index (χ1n) is 8.40. The normalized spacial score (nSPS) is 23.1. The molecule has 118 valence electrons. The summed E-state index contributed by atoms with van der Waals surface area (Å²) in [5.74, 6) is 0. The number of nitrogens with zero attached hydrogens (tertiary/aromatic N) is 2. The molecular formula is C16H27N3O2. The van der Waals surface area contributed by atoms with Crippen LogP contribution in [0.2, 0.25) is 0 Å². The van der Waals surface area contributed by atoms with E-state index in [4.69, 9.17) is 0 Å². The van der Waals surface area contributed by atoms with Crippen molar-refractivity contribution in [1.29, 1.82) is 0 Å². The van der Waals surface area contributed by atoms with Crippen molar-refractivity contribution in [1.82, 2.24) is 5.32 Å². The van der Waals surface area contributed by atoms with Crippen molar-refractivity contribution >= 4 is 12.1 Å². The van der Waals surface area contributed by atoms with E-state index in [1.165, 1.54) is 64.2 Å². The summed E-state index contributed by atoms with van der Waals surface area (Å²) in [5.41, 5.74) is 0. The molecule has 0 aromatic rings. The number of ether oxygens (including phenoxy) is 1. The Morgan fingerprint density at radius 1 is 0.905 bits per heavy atom. The van der Waals surface area contributed by atoms with Crippen LogP contribution in [0.3, 0.4) is 0 Å². The molecule has 0 aromatic heterocycles. The standard InChI is InChI=1S/C13H22N2.C3H5NO2/c1-3-7-12(8-4-1)14-11-15-13-9-5-2-6-10-13;5-3-4-1-2-6-3/h12-13H,1-10H2;1-2H2,(H,4,5). The topological polar surface area (TPSA) is 63.0 Å². The number of amides is 1. The fourth-order valence-corrected chi connectivity index (χ4v) is 2.96. The van der Waals surface area contributed by atoms with E-state index in [9.17, 15) is 4.79 Å². The molecule has 0 bridgehead atoms. The van der Waals surface area contributed by atoms with Crippen molar-refractivity contribution < 1.29 is 9.53 Å². The van der Waals surface area contributed by atoms with Crippen LogP contribution < -0.4 is 5.32 Å². The number of carbonyl (C=O) groups excluding carboxylic acids is 1. The van der Waals surface area contributed by atoms with E-state index in [2.05, 4.69) is 26.0 Å². The fourth-order valence-electron chi connectivity index (χ4n) is 2.96. The first-order chi connectivity index (χ1) is 10.3. The molecule has 1 saturated heterocycles. The number of nitrogens with one attached hydrogen (secondary N) is 1. The van der Waals surface area contributed by atoms with E-state index >= 15 is 0 Å². The summed E-state index contributed by atoms with van der Waals surface area (Å²) in [7, 11) is 0. The van der Waals surface area contributed by atoms with E-state index in [1.807, 2.05) is 0 Å². The van der Waals surface area contributed by atoms with Crippen LogP contribution in [0, 0.1) is 0 Å². The Labute approximate surface area is 127 Å². The molecule has 2 aliphatic carbocycles. The smallest absolute Gasteiger partial charge is 0.407 e. The Hall–Kier alpha value is -1.35. The fraction of sp³-hybridized carbons (Fsp3) is 0.875. The number of hydrogen-bond donors (Lipinski definition) is 1. The molecule has 3 rings (SSSR count). The van der Waals surface area contributed by atoms with Crippen LogP contribution in [-0.2, 0) is 4.74 Å². The third-order valence-electron chi connectivity index (χ3n) is 4.23. The van der Waals surface area contributed by atoms with Gasteiger partial charge in [0.1, 0.15) is 6.61 Å². The summed E-state index contributed by atoms with van der Waals surface area (Å²) in [4.78, 5) is 18.8. The van der Waals surface area contributed by atoms with Crippen LogP contribution in [0.5, 0.6) is 0 Å². The van der Waals surface area contributed by atoms with E-state index in [-0.39, 0.29) is 6.09 Å². The van der Waals surface area contributed by atoms with Gasteiger partial charge in [0.25, 0.3) is 0 Å². The maximum atomic E-state index is 9.91. The van der Waals surface area contributed by atoms with Crippen LogP contribution in [-0.4, -0.2) is 37.3 Å². The minimum Gasteiger partial charge on any atom is -0.448 e. The van der Waals surface area contributed by atoms with E-state index < -0.39 is 0 Å².